The molecule has 0 radical (unpaired) electrons. The molecule has 1 heterocycles. The van der Waals surface area contributed by atoms with Crippen molar-refractivity contribution in [2.24, 2.45) is 0 Å². The topological polar surface area (TPSA) is 41.6 Å². The Hall–Kier alpha value is -1.40. The molecule has 1 fully saturated rings. The summed E-state index contributed by atoms with van der Waals surface area (Å²) in [6.07, 6.45) is 1.75. The Kier molecular flexibility index (Phi) is 3.68. The summed E-state index contributed by atoms with van der Waals surface area (Å²) < 4.78 is 5.98. The molecule has 1 aromatic rings. The molecular weight excluding hydrogens is 316 g/mol. The van der Waals surface area contributed by atoms with Crippen LogP contribution in [-0.2, 0) is 4.79 Å². The predicted octanol–water partition coefficient (Wildman–Crippen LogP) is 2.15. The number of nitrogens with zero attached hydrogens (tertiary/aromatic N) is 1. The molecule has 0 saturated carbocycles. The highest BCUT2D eigenvalue weighted by atomic mass is 79.9. The number of thiocarbonyl (C=S) groups is 1. The number of halogens is 1. The molecule has 1 saturated heterocycles. The van der Waals surface area contributed by atoms with E-state index in [1.807, 2.05) is 18.2 Å². The number of amides is 1. The van der Waals surface area contributed by atoms with E-state index in [1.54, 1.807) is 20.2 Å². The number of benzene rings is 1. The van der Waals surface area contributed by atoms with Crippen LogP contribution < -0.4 is 10.1 Å². The van der Waals surface area contributed by atoms with Crippen molar-refractivity contribution in [1.82, 2.24) is 10.2 Å². The molecule has 0 atom stereocenters. The third-order valence-corrected chi connectivity index (χ3v) is 3.56. The number of methoxy groups -OCH3 is 1. The van der Waals surface area contributed by atoms with Crippen LogP contribution in [0.3, 0.4) is 0 Å². The minimum absolute atomic E-state index is 0.132. The molecule has 1 aliphatic rings. The Bertz CT molecular complexity index is 557. The maximum atomic E-state index is 11.8. The van der Waals surface area contributed by atoms with Gasteiger partial charge in [-0.25, -0.2) is 0 Å². The Labute approximate surface area is 119 Å². The molecule has 0 spiro atoms. The van der Waals surface area contributed by atoms with Gasteiger partial charge in [0.2, 0.25) is 0 Å². The maximum absolute atomic E-state index is 11.8. The van der Waals surface area contributed by atoms with Crippen LogP contribution in [0.4, 0.5) is 0 Å². The summed E-state index contributed by atoms with van der Waals surface area (Å²) >= 11 is 8.40. The minimum Gasteiger partial charge on any atom is -0.496 e. The van der Waals surface area contributed by atoms with Gasteiger partial charge in [-0.05, 0) is 51.9 Å². The van der Waals surface area contributed by atoms with Crippen LogP contribution in [0.15, 0.2) is 28.4 Å². The maximum Gasteiger partial charge on any atom is 0.276 e. The molecule has 1 aliphatic heterocycles. The zero-order chi connectivity index (χ0) is 13.3. The van der Waals surface area contributed by atoms with Crippen LogP contribution in [0.5, 0.6) is 5.75 Å². The van der Waals surface area contributed by atoms with Crippen molar-refractivity contribution >= 4 is 45.2 Å². The average molecular weight is 327 g/mol. The molecule has 1 amide bonds. The first-order chi connectivity index (χ1) is 8.52. The summed E-state index contributed by atoms with van der Waals surface area (Å²) in [6.45, 7) is 0. The lowest BCUT2D eigenvalue weighted by atomic mass is 10.2. The van der Waals surface area contributed by atoms with Gasteiger partial charge < -0.3 is 10.1 Å². The van der Waals surface area contributed by atoms with Crippen LogP contribution in [0.1, 0.15) is 5.56 Å². The van der Waals surface area contributed by atoms with Crippen LogP contribution in [-0.4, -0.2) is 30.1 Å². The molecule has 94 valence electrons. The van der Waals surface area contributed by atoms with E-state index in [1.165, 1.54) is 4.90 Å². The fraction of sp³-hybridized carbons (Fsp3) is 0.167. The molecule has 1 aromatic carbocycles. The summed E-state index contributed by atoms with van der Waals surface area (Å²) in [5.41, 5.74) is 1.36. The van der Waals surface area contributed by atoms with Gasteiger partial charge in [0.1, 0.15) is 11.4 Å². The van der Waals surface area contributed by atoms with Gasteiger partial charge in [-0.3, -0.25) is 9.69 Å². The quantitative estimate of drug-likeness (QED) is 0.668. The summed E-state index contributed by atoms with van der Waals surface area (Å²) in [4.78, 5) is 13.2. The van der Waals surface area contributed by atoms with Gasteiger partial charge in [-0.2, -0.15) is 0 Å². The highest BCUT2D eigenvalue weighted by Gasteiger charge is 2.26. The van der Waals surface area contributed by atoms with Crippen molar-refractivity contribution in [3.05, 3.63) is 33.9 Å². The van der Waals surface area contributed by atoms with E-state index in [-0.39, 0.29) is 5.91 Å². The Morgan fingerprint density at radius 3 is 2.72 bits per heavy atom. The lowest BCUT2D eigenvalue weighted by Gasteiger charge is -2.04. The normalized spacial score (nSPS) is 17.3. The first-order valence-corrected chi connectivity index (χ1v) is 6.37. The summed E-state index contributed by atoms with van der Waals surface area (Å²) in [5, 5.41) is 3.29. The van der Waals surface area contributed by atoms with E-state index in [9.17, 15) is 4.79 Å². The van der Waals surface area contributed by atoms with Gasteiger partial charge in [0.05, 0.1) is 11.6 Å². The van der Waals surface area contributed by atoms with Crippen molar-refractivity contribution in [2.45, 2.75) is 0 Å². The second-order valence-electron chi connectivity index (χ2n) is 3.75. The number of rotatable bonds is 2. The van der Waals surface area contributed by atoms with Crippen molar-refractivity contribution in [3.8, 4) is 5.75 Å². The molecule has 6 heteroatoms. The highest BCUT2D eigenvalue weighted by molar-refractivity contribution is 9.10. The molecule has 4 nitrogen and oxygen atoms in total. The Balaban J connectivity index is 2.32. The number of ether oxygens (including phenoxy) is 1. The largest absolute Gasteiger partial charge is 0.496 e. The summed E-state index contributed by atoms with van der Waals surface area (Å²) in [6, 6.07) is 5.58. The summed E-state index contributed by atoms with van der Waals surface area (Å²) in [7, 11) is 3.25. The Morgan fingerprint density at radius 2 is 2.22 bits per heavy atom. The number of carbonyl (C=O) groups is 1. The fourth-order valence-corrected chi connectivity index (χ4v) is 2.31. The SMILES string of the molecule is COc1ccc(C=C2NC(=S)N(C)C2=O)cc1Br. The number of carbonyl (C=O) groups excluding carboxylic acids is 1. The standard InChI is InChI=1S/C12H11BrN2O2S/c1-15-11(16)9(14-12(15)18)6-7-3-4-10(17-2)8(13)5-7/h3-6H,1-2H3,(H,14,18). The van der Waals surface area contributed by atoms with Crippen LogP contribution in [0.2, 0.25) is 0 Å². The van der Waals surface area contributed by atoms with Crippen molar-refractivity contribution < 1.29 is 9.53 Å². The van der Waals surface area contributed by atoms with E-state index >= 15 is 0 Å². The second-order valence-corrected chi connectivity index (χ2v) is 4.99. The predicted molar refractivity (Wildman–Crippen MR) is 77.2 cm³/mol. The van der Waals surface area contributed by atoms with Gasteiger partial charge in [0, 0.05) is 7.05 Å². The van der Waals surface area contributed by atoms with E-state index < -0.39 is 0 Å². The van der Waals surface area contributed by atoms with E-state index in [0.29, 0.717) is 10.8 Å². The molecule has 2 rings (SSSR count). The Morgan fingerprint density at radius 1 is 1.50 bits per heavy atom. The van der Waals surface area contributed by atoms with Crippen LogP contribution in [0, 0.1) is 0 Å². The van der Waals surface area contributed by atoms with Gasteiger partial charge >= 0.3 is 0 Å². The van der Waals surface area contributed by atoms with E-state index in [0.717, 1.165) is 15.8 Å². The minimum atomic E-state index is -0.132. The lowest BCUT2D eigenvalue weighted by Crippen LogP contribution is -2.25. The van der Waals surface area contributed by atoms with Crippen molar-refractivity contribution in [2.75, 3.05) is 14.2 Å². The number of likely N-dealkylation sites (N-methyl/N-ethyl adjacent to an activating group) is 1. The summed E-state index contributed by atoms with van der Waals surface area (Å²) in [5.74, 6) is 0.613. The van der Waals surface area contributed by atoms with Crippen LogP contribution in [0.25, 0.3) is 6.08 Å². The highest BCUT2D eigenvalue weighted by Crippen LogP contribution is 2.26. The van der Waals surface area contributed by atoms with E-state index in [4.69, 9.17) is 17.0 Å². The van der Waals surface area contributed by atoms with Gasteiger partial charge in [-0.1, -0.05) is 6.07 Å². The molecule has 18 heavy (non-hydrogen) atoms. The first kappa shape index (κ1) is 13.0. The molecule has 0 aromatic heterocycles. The van der Waals surface area contributed by atoms with Gasteiger partial charge in [0.15, 0.2) is 5.11 Å². The average Bonchev–Trinajstić information content (AvgIpc) is 2.57. The zero-order valence-electron chi connectivity index (χ0n) is 9.86. The smallest absolute Gasteiger partial charge is 0.276 e. The monoisotopic (exact) mass is 326 g/mol. The number of hydrogen-bond donors (Lipinski definition) is 1. The first-order valence-electron chi connectivity index (χ1n) is 5.17. The van der Waals surface area contributed by atoms with Crippen molar-refractivity contribution in [3.63, 3.8) is 0 Å². The molecule has 0 aliphatic carbocycles. The van der Waals surface area contributed by atoms with Gasteiger partial charge in [-0.15, -0.1) is 0 Å². The zero-order valence-corrected chi connectivity index (χ0v) is 12.3. The molecular formula is C12H11BrN2O2S. The third-order valence-electron chi connectivity index (χ3n) is 2.57. The van der Waals surface area contributed by atoms with Crippen molar-refractivity contribution in [1.29, 1.82) is 0 Å². The number of hydrogen-bond acceptors (Lipinski definition) is 3. The van der Waals surface area contributed by atoms with Crippen LogP contribution >= 0.6 is 28.1 Å². The van der Waals surface area contributed by atoms with E-state index in [2.05, 4.69) is 21.2 Å². The second kappa shape index (κ2) is 5.07. The lowest BCUT2D eigenvalue weighted by molar-refractivity contribution is -0.121. The molecule has 0 unspecified atom stereocenters. The molecule has 0 bridgehead atoms. The molecule has 1 N–H and O–H groups in total. The third kappa shape index (κ3) is 2.39. The van der Waals surface area contributed by atoms with Gasteiger partial charge in [0.25, 0.3) is 5.91 Å². The number of nitrogens with one attached hydrogen (secondary N) is 1. The fourth-order valence-electron chi connectivity index (χ4n) is 1.56.